The van der Waals surface area contributed by atoms with Crippen LogP contribution in [0.25, 0.3) is 11.1 Å². The molecule has 0 amide bonds. The lowest BCUT2D eigenvalue weighted by atomic mass is 9.99. The number of para-hydroxylation sites is 1. The van der Waals surface area contributed by atoms with Gasteiger partial charge in [-0.05, 0) is 17.7 Å². The Bertz CT molecular complexity index is 760. The van der Waals surface area contributed by atoms with Gasteiger partial charge in [0.15, 0.2) is 5.96 Å². The molecule has 1 atom stereocenters. The number of ether oxygens (including phenoxy) is 2. The van der Waals surface area contributed by atoms with Gasteiger partial charge in [0.05, 0.1) is 12.3 Å². The lowest BCUT2D eigenvalue weighted by Crippen LogP contribution is -2.42. The van der Waals surface area contributed by atoms with Crippen LogP contribution in [-0.4, -0.2) is 38.2 Å². The SMILES string of the molecule is COCCOc1ccccc1-c1ccc2c(c1)N=C(N)N(C)C2N. The maximum Gasteiger partial charge on any atom is 0.197 e. The summed E-state index contributed by atoms with van der Waals surface area (Å²) < 4.78 is 10.9. The smallest absolute Gasteiger partial charge is 0.197 e. The zero-order chi connectivity index (χ0) is 17.1. The lowest BCUT2D eigenvalue weighted by molar-refractivity contribution is 0.146. The first kappa shape index (κ1) is 16.3. The van der Waals surface area contributed by atoms with Crippen molar-refractivity contribution in [2.45, 2.75) is 6.17 Å². The molecule has 0 fully saturated rings. The monoisotopic (exact) mass is 326 g/mol. The van der Waals surface area contributed by atoms with E-state index in [2.05, 4.69) is 4.99 Å². The minimum Gasteiger partial charge on any atom is -0.491 e. The average Bonchev–Trinajstić information content (AvgIpc) is 2.60. The molecular formula is C18H22N4O2. The summed E-state index contributed by atoms with van der Waals surface area (Å²) in [5.74, 6) is 1.22. The van der Waals surface area contributed by atoms with Gasteiger partial charge in [0, 0.05) is 25.3 Å². The molecule has 3 rings (SSSR count). The van der Waals surface area contributed by atoms with Gasteiger partial charge in [-0.3, -0.25) is 0 Å². The summed E-state index contributed by atoms with van der Waals surface area (Å²) in [6, 6.07) is 13.9. The number of rotatable bonds is 5. The van der Waals surface area contributed by atoms with Crippen LogP contribution < -0.4 is 16.2 Å². The van der Waals surface area contributed by atoms with Crippen molar-refractivity contribution in [1.29, 1.82) is 0 Å². The molecule has 0 saturated carbocycles. The fourth-order valence-electron chi connectivity index (χ4n) is 2.68. The molecule has 126 valence electrons. The van der Waals surface area contributed by atoms with Crippen molar-refractivity contribution in [2.75, 3.05) is 27.4 Å². The first-order valence-corrected chi connectivity index (χ1v) is 7.79. The Labute approximate surface area is 141 Å². The third-order valence-corrected chi connectivity index (χ3v) is 4.11. The highest BCUT2D eigenvalue weighted by Crippen LogP contribution is 2.37. The van der Waals surface area contributed by atoms with Crippen molar-refractivity contribution in [2.24, 2.45) is 16.5 Å². The van der Waals surface area contributed by atoms with Crippen molar-refractivity contribution in [1.82, 2.24) is 4.90 Å². The van der Waals surface area contributed by atoms with Crippen LogP contribution in [-0.2, 0) is 4.74 Å². The molecule has 24 heavy (non-hydrogen) atoms. The Hall–Kier alpha value is -2.57. The predicted molar refractivity (Wildman–Crippen MR) is 95.2 cm³/mol. The quantitative estimate of drug-likeness (QED) is 0.823. The highest BCUT2D eigenvalue weighted by molar-refractivity contribution is 5.85. The van der Waals surface area contributed by atoms with E-state index in [1.165, 1.54) is 0 Å². The highest BCUT2D eigenvalue weighted by Gasteiger charge is 2.23. The predicted octanol–water partition coefficient (Wildman–Crippen LogP) is 2.23. The van der Waals surface area contributed by atoms with Gasteiger partial charge in [-0.15, -0.1) is 0 Å². The zero-order valence-corrected chi connectivity index (χ0v) is 13.9. The second kappa shape index (κ2) is 6.90. The van der Waals surface area contributed by atoms with Crippen LogP contribution in [0.2, 0.25) is 0 Å². The molecule has 1 aliphatic rings. The summed E-state index contributed by atoms with van der Waals surface area (Å²) in [6.07, 6.45) is -0.292. The second-order valence-electron chi connectivity index (χ2n) is 5.64. The molecule has 1 aliphatic heterocycles. The van der Waals surface area contributed by atoms with E-state index in [1.54, 1.807) is 12.0 Å². The number of methoxy groups -OCH3 is 1. The van der Waals surface area contributed by atoms with Crippen molar-refractivity contribution in [3.63, 3.8) is 0 Å². The van der Waals surface area contributed by atoms with E-state index in [1.807, 2.05) is 49.5 Å². The van der Waals surface area contributed by atoms with Crippen molar-refractivity contribution >= 4 is 11.6 Å². The number of benzene rings is 2. The van der Waals surface area contributed by atoms with Crippen molar-refractivity contribution in [3.05, 3.63) is 48.0 Å². The van der Waals surface area contributed by atoms with Crippen molar-refractivity contribution < 1.29 is 9.47 Å². The van der Waals surface area contributed by atoms with Gasteiger partial charge in [-0.1, -0.05) is 30.3 Å². The van der Waals surface area contributed by atoms with Crippen LogP contribution in [0.3, 0.4) is 0 Å². The number of aliphatic imine (C=N–C) groups is 1. The Balaban J connectivity index is 1.97. The van der Waals surface area contributed by atoms with Crippen LogP contribution in [0.1, 0.15) is 11.7 Å². The Morgan fingerprint density at radius 3 is 2.75 bits per heavy atom. The van der Waals surface area contributed by atoms with Crippen LogP contribution in [0.5, 0.6) is 5.75 Å². The highest BCUT2D eigenvalue weighted by atomic mass is 16.5. The summed E-state index contributed by atoms with van der Waals surface area (Å²) in [7, 11) is 3.49. The summed E-state index contributed by atoms with van der Waals surface area (Å²) in [5, 5.41) is 0. The van der Waals surface area contributed by atoms with Gasteiger partial charge in [0.1, 0.15) is 18.5 Å². The second-order valence-corrected chi connectivity index (χ2v) is 5.64. The van der Waals surface area contributed by atoms with E-state index < -0.39 is 0 Å². The van der Waals surface area contributed by atoms with E-state index >= 15 is 0 Å². The normalized spacial score (nSPS) is 16.5. The molecule has 2 aromatic rings. The molecule has 0 aliphatic carbocycles. The van der Waals surface area contributed by atoms with Gasteiger partial charge in [-0.25, -0.2) is 4.99 Å². The molecule has 0 bridgehead atoms. The molecule has 1 heterocycles. The molecule has 0 radical (unpaired) electrons. The molecule has 0 saturated heterocycles. The number of hydrogen-bond donors (Lipinski definition) is 2. The topological polar surface area (TPSA) is 86.1 Å². The van der Waals surface area contributed by atoms with Crippen LogP contribution in [0.4, 0.5) is 5.69 Å². The largest absolute Gasteiger partial charge is 0.491 e. The fraction of sp³-hybridized carbons (Fsp3) is 0.278. The summed E-state index contributed by atoms with van der Waals surface area (Å²) in [6.45, 7) is 1.04. The Morgan fingerprint density at radius 2 is 1.96 bits per heavy atom. The first-order chi connectivity index (χ1) is 11.6. The summed E-state index contributed by atoms with van der Waals surface area (Å²) >= 11 is 0. The summed E-state index contributed by atoms with van der Waals surface area (Å²) in [4.78, 5) is 6.20. The van der Waals surface area contributed by atoms with Crippen molar-refractivity contribution in [3.8, 4) is 16.9 Å². The van der Waals surface area contributed by atoms with Crippen LogP contribution in [0, 0.1) is 0 Å². The fourth-order valence-corrected chi connectivity index (χ4v) is 2.68. The molecule has 1 unspecified atom stereocenters. The van der Waals surface area contributed by atoms with Gasteiger partial charge in [0.2, 0.25) is 0 Å². The standard InChI is InChI=1S/C18H22N4O2/c1-22-17(19)14-8-7-12(11-15(14)21-18(22)20)13-5-3-4-6-16(13)24-10-9-23-2/h3-8,11,17H,9-10,19H2,1-2H3,(H2,20,21). The van der Waals surface area contributed by atoms with Crippen LogP contribution >= 0.6 is 0 Å². The third-order valence-electron chi connectivity index (χ3n) is 4.11. The lowest BCUT2D eigenvalue weighted by Gasteiger charge is -2.31. The Kier molecular flexibility index (Phi) is 4.69. The number of hydrogen-bond acceptors (Lipinski definition) is 6. The van der Waals surface area contributed by atoms with E-state index in [9.17, 15) is 0 Å². The van der Waals surface area contributed by atoms with Crippen LogP contribution in [0.15, 0.2) is 47.5 Å². The number of nitrogens with two attached hydrogens (primary N) is 2. The Morgan fingerprint density at radius 1 is 1.17 bits per heavy atom. The molecule has 4 N–H and O–H groups in total. The van der Waals surface area contributed by atoms with E-state index in [0.717, 1.165) is 28.1 Å². The van der Waals surface area contributed by atoms with E-state index in [4.69, 9.17) is 20.9 Å². The molecular weight excluding hydrogens is 304 g/mol. The summed E-state index contributed by atoms with van der Waals surface area (Å²) in [5.41, 5.74) is 15.9. The number of fused-ring (bicyclic) bond motifs is 1. The zero-order valence-electron chi connectivity index (χ0n) is 13.9. The van der Waals surface area contributed by atoms with Gasteiger partial charge >= 0.3 is 0 Å². The molecule has 6 nitrogen and oxygen atoms in total. The third kappa shape index (κ3) is 3.06. The van der Waals surface area contributed by atoms with Gasteiger partial charge < -0.3 is 25.8 Å². The maximum absolute atomic E-state index is 6.21. The maximum atomic E-state index is 6.21. The molecule has 6 heteroatoms. The number of nitrogens with zero attached hydrogens (tertiary/aromatic N) is 2. The molecule has 0 aromatic heterocycles. The minimum absolute atomic E-state index is 0.292. The van der Waals surface area contributed by atoms with E-state index in [0.29, 0.717) is 19.2 Å². The molecule has 2 aromatic carbocycles. The minimum atomic E-state index is -0.292. The van der Waals surface area contributed by atoms with E-state index in [-0.39, 0.29) is 6.17 Å². The number of guanidine groups is 1. The molecule has 0 spiro atoms. The van der Waals surface area contributed by atoms with Gasteiger partial charge in [0.25, 0.3) is 0 Å². The van der Waals surface area contributed by atoms with Gasteiger partial charge in [-0.2, -0.15) is 0 Å². The first-order valence-electron chi connectivity index (χ1n) is 7.79. The average molecular weight is 326 g/mol.